The first-order valence-electron chi connectivity index (χ1n) is 6.43. The first-order valence-corrected chi connectivity index (χ1v) is 6.43. The standard InChI is InChI=1S/C15H13N3O2/c16-14-8-19-9-15(18-14)10-3-1-2-4-12(10)20-13-7-17-6-5-11(13)15/h1-7H,8-9H2,(H2,16,18). The molecule has 2 N–H and O–H groups in total. The molecule has 4 rings (SSSR count). The Morgan fingerprint density at radius 1 is 1.10 bits per heavy atom. The highest BCUT2D eigenvalue weighted by molar-refractivity contribution is 5.83. The van der Waals surface area contributed by atoms with Gasteiger partial charge in [-0.2, -0.15) is 0 Å². The largest absolute Gasteiger partial charge is 0.455 e. The minimum absolute atomic E-state index is 0.366. The SMILES string of the molecule is NC1=NC2(COC1)c1ccccc1Oc1cnccc12. The summed E-state index contributed by atoms with van der Waals surface area (Å²) in [7, 11) is 0. The molecule has 1 spiro atoms. The summed E-state index contributed by atoms with van der Waals surface area (Å²) in [4.78, 5) is 8.84. The molecule has 5 heteroatoms. The fourth-order valence-corrected chi connectivity index (χ4v) is 2.85. The van der Waals surface area contributed by atoms with Crippen LogP contribution >= 0.6 is 0 Å². The highest BCUT2D eigenvalue weighted by Gasteiger charge is 2.44. The molecule has 0 amide bonds. The minimum Gasteiger partial charge on any atom is -0.455 e. The molecule has 5 nitrogen and oxygen atoms in total. The Morgan fingerprint density at radius 2 is 1.95 bits per heavy atom. The highest BCUT2D eigenvalue weighted by atomic mass is 16.5. The number of aromatic nitrogens is 1. The second kappa shape index (κ2) is 4.05. The maximum absolute atomic E-state index is 5.92. The number of pyridine rings is 1. The van der Waals surface area contributed by atoms with Crippen molar-refractivity contribution in [1.29, 1.82) is 0 Å². The molecular weight excluding hydrogens is 254 g/mol. The van der Waals surface area contributed by atoms with E-state index in [0.717, 1.165) is 16.9 Å². The molecule has 0 aliphatic carbocycles. The van der Waals surface area contributed by atoms with Crippen molar-refractivity contribution in [1.82, 2.24) is 4.98 Å². The Morgan fingerprint density at radius 3 is 2.85 bits per heavy atom. The summed E-state index contributed by atoms with van der Waals surface area (Å²) in [5, 5.41) is 0. The van der Waals surface area contributed by atoms with Gasteiger partial charge in [-0.1, -0.05) is 18.2 Å². The molecule has 1 aromatic carbocycles. The van der Waals surface area contributed by atoms with Gasteiger partial charge in [-0.15, -0.1) is 0 Å². The molecular formula is C15H13N3O2. The number of hydrogen-bond donors (Lipinski definition) is 1. The number of fused-ring (bicyclic) bond motifs is 4. The van der Waals surface area contributed by atoms with Crippen LogP contribution in [0.15, 0.2) is 47.7 Å². The van der Waals surface area contributed by atoms with Gasteiger partial charge < -0.3 is 15.2 Å². The molecule has 0 radical (unpaired) electrons. The minimum atomic E-state index is -0.630. The maximum Gasteiger partial charge on any atom is 0.151 e. The van der Waals surface area contributed by atoms with Gasteiger partial charge in [0.2, 0.25) is 0 Å². The molecule has 0 saturated carbocycles. The number of nitrogens with zero attached hydrogens (tertiary/aromatic N) is 2. The lowest BCUT2D eigenvalue weighted by Crippen LogP contribution is -2.42. The molecule has 2 aromatic rings. The van der Waals surface area contributed by atoms with Gasteiger partial charge >= 0.3 is 0 Å². The smallest absolute Gasteiger partial charge is 0.151 e. The van der Waals surface area contributed by atoms with Crippen LogP contribution in [0.4, 0.5) is 0 Å². The second-order valence-electron chi connectivity index (χ2n) is 4.93. The summed E-state index contributed by atoms with van der Waals surface area (Å²) in [5.74, 6) is 1.97. The lowest BCUT2D eigenvalue weighted by atomic mass is 9.81. The number of para-hydroxylation sites is 1. The quantitative estimate of drug-likeness (QED) is 0.790. The van der Waals surface area contributed by atoms with Crippen molar-refractivity contribution in [2.45, 2.75) is 5.54 Å². The van der Waals surface area contributed by atoms with Gasteiger partial charge in [-0.3, -0.25) is 9.98 Å². The van der Waals surface area contributed by atoms with Crippen molar-refractivity contribution in [2.75, 3.05) is 13.2 Å². The monoisotopic (exact) mass is 267 g/mol. The third-order valence-electron chi connectivity index (χ3n) is 3.68. The van der Waals surface area contributed by atoms with Crippen LogP contribution in [0.25, 0.3) is 0 Å². The normalized spacial score (nSPS) is 23.5. The van der Waals surface area contributed by atoms with Crippen LogP contribution in [0.5, 0.6) is 11.5 Å². The zero-order chi connectivity index (χ0) is 13.6. The van der Waals surface area contributed by atoms with E-state index in [-0.39, 0.29) is 0 Å². The average Bonchev–Trinajstić information content (AvgIpc) is 2.48. The number of amidine groups is 1. The molecule has 1 aromatic heterocycles. The van der Waals surface area contributed by atoms with Crippen molar-refractivity contribution in [2.24, 2.45) is 10.7 Å². The van der Waals surface area contributed by atoms with E-state index in [9.17, 15) is 0 Å². The molecule has 1 unspecified atom stereocenters. The summed E-state index contributed by atoms with van der Waals surface area (Å²) in [6.45, 7) is 0.816. The molecule has 0 saturated heterocycles. The first-order chi connectivity index (χ1) is 9.79. The van der Waals surface area contributed by atoms with Crippen LogP contribution < -0.4 is 10.5 Å². The van der Waals surface area contributed by atoms with Gasteiger partial charge in [0.05, 0.1) is 12.8 Å². The van der Waals surface area contributed by atoms with Crippen molar-refractivity contribution in [3.63, 3.8) is 0 Å². The van der Waals surface area contributed by atoms with Crippen LogP contribution in [-0.4, -0.2) is 24.0 Å². The highest BCUT2D eigenvalue weighted by Crippen LogP contribution is 2.49. The number of rotatable bonds is 0. The predicted octanol–water partition coefficient (Wildman–Crippen LogP) is 1.82. The first kappa shape index (κ1) is 11.4. The van der Waals surface area contributed by atoms with Crippen LogP contribution in [-0.2, 0) is 10.3 Å². The lowest BCUT2D eigenvalue weighted by Gasteiger charge is -2.38. The molecule has 1 atom stereocenters. The van der Waals surface area contributed by atoms with E-state index >= 15 is 0 Å². The zero-order valence-electron chi connectivity index (χ0n) is 10.7. The molecule has 0 bridgehead atoms. The van der Waals surface area contributed by atoms with Gasteiger partial charge in [0, 0.05) is 17.3 Å². The van der Waals surface area contributed by atoms with Crippen LogP contribution in [0, 0.1) is 0 Å². The molecule has 100 valence electrons. The van der Waals surface area contributed by atoms with Crippen molar-refractivity contribution in [3.8, 4) is 11.5 Å². The summed E-state index contributed by atoms with van der Waals surface area (Å²) < 4.78 is 11.6. The molecule has 3 heterocycles. The van der Waals surface area contributed by atoms with E-state index < -0.39 is 5.54 Å². The molecule has 2 aliphatic rings. The molecule has 0 fully saturated rings. The lowest BCUT2D eigenvalue weighted by molar-refractivity contribution is 0.109. The topological polar surface area (TPSA) is 69.7 Å². The van der Waals surface area contributed by atoms with Gasteiger partial charge in [0.25, 0.3) is 0 Å². The van der Waals surface area contributed by atoms with E-state index in [1.165, 1.54) is 0 Å². The van der Waals surface area contributed by atoms with E-state index in [2.05, 4.69) is 4.98 Å². The number of benzene rings is 1. The number of hydrogen-bond acceptors (Lipinski definition) is 5. The van der Waals surface area contributed by atoms with E-state index in [4.69, 9.17) is 20.2 Å². The zero-order valence-corrected chi connectivity index (χ0v) is 10.7. The maximum atomic E-state index is 5.92. The number of aliphatic imine (C=N–C) groups is 1. The Labute approximate surface area is 116 Å². The van der Waals surface area contributed by atoms with E-state index in [1.807, 2.05) is 30.3 Å². The van der Waals surface area contributed by atoms with Crippen LogP contribution in [0.3, 0.4) is 0 Å². The van der Waals surface area contributed by atoms with E-state index in [1.54, 1.807) is 12.4 Å². The van der Waals surface area contributed by atoms with Gasteiger partial charge in [0.15, 0.2) is 5.75 Å². The van der Waals surface area contributed by atoms with Gasteiger partial charge in [-0.25, -0.2) is 0 Å². The number of ether oxygens (including phenoxy) is 2. The molecule has 20 heavy (non-hydrogen) atoms. The van der Waals surface area contributed by atoms with Crippen LogP contribution in [0.2, 0.25) is 0 Å². The van der Waals surface area contributed by atoms with Crippen molar-refractivity contribution in [3.05, 3.63) is 53.9 Å². The summed E-state index contributed by atoms with van der Waals surface area (Å²) in [5.41, 5.74) is 7.21. The van der Waals surface area contributed by atoms with E-state index in [0.29, 0.717) is 24.8 Å². The third kappa shape index (κ3) is 1.47. The third-order valence-corrected chi connectivity index (χ3v) is 3.68. The average molecular weight is 267 g/mol. The van der Waals surface area contributed by atoms with Crippen molar-refractivity contribution < 1.29 is 9.47 Å². The fourth-order valence-electron chi connectivity index (χ4n) is 2.85. The Hall–Kier alpha value is -2.40. The molecule has 2 aliphatic heterocycles. The summed E-state index contributed by atoms with van der Waals surface area (Å²) >= 11 is 0. The number of nitrogens with two attached hydrogens (primary N) is 1. The van der Waals surface area contributed by atoms with Gasteiger partial charge in [-0.05, 0) is 12.1 Å². The van der Waals surface area contributed by atoms with Crippen LogP contribution in [0.1, 0.15) is 11.1 Å². The Balaban J connectivity index is 2.04. The van der Waals surface area contributed by atoms with Gasteiger partial charge in [0.1, 0.15) is 23.7 Å². The summed E-state index contributed by atoms with van der Waals surface area (Å²) in [6, 6.07) is 9.75. The fraction of sp³-hybridized carbons (Fsp3) is 0.200. The predicted molar refractivity (Wildman–Crippen MR) is 74.0 cm³/mol. The van der Waals surface area contributed by atoms with Crippen molar-refractivity contribution >= 4 is 5.84 Å². The summed E-state index contributed by atoms with van der Waals surface area (Å²) in [6.07, 6.45) is 3.44. The second-order valence-corrected chi connectivity index (χ2v) is 4.93. The Kier molecular flexibility index (Phi) is 2.31. The Bertz CT molecular complexity index is 666.